The number of aliphatic hydroxyl groups is 5. The van der Waals surface area contributed by atoms with Crippen molar-refractivity contribution in [2.24, 2.45) is 11.7 Å². The summed E-state index contributed by atoms with van der Waals surface area (Å²) in [5.74, 6) is -0.713. The largest absolute Gasteiger partial charge is 0.497 e. The van der Waals surface area contributed by atoms with Crippen molar-refractivity contribution in [3.05, 3.63) is 24.3 Å². The van der Waals surface area contributed by atoms with E-state index >= 15 is 0 Å². The lowest BCUT2D eigenvalue weighted by atomic mass is 9.89. The molecule has 1 aromatic carbocycles. The molecule has 0 bridgehead atoms. The topological polar surface area (TPSA) is 210 Å². The average Bonchev–Trinajstić information content (AvgIpc) is 3.33. The fraction of sp³-hybridized carbons (Fsp3) is 0.793. The van der Waals surface area contributed by atoms with Crippen molar-refractivity contribution in [2.45, 2.75) is 119 Å². The molecule has 1 aromatic rings. The lowest BCUT2D eigenvalue weighted by Gasteiger charge is -2.47. The number of nitrogens with two attached hydrogens (primary N) is 1. The third-order valence-corrected chi connectivity index (χ3v) is 8.53. The first-order valence-corrected chi connectivity index (χ1v) is 14.8. The monoisotopic (exact) mass is 631 g/mol. The molecule has 0 amide bonds. The number of hydrogen-bond acceptors (Lipinski definition) is 15. The van der Waals surface area contributed by atoms with Gasteiger partial charge < -0.3 is 73.9 Å². The number of fused-ring (bicyclic) bond motifs is 1. The summed E-state index contributed by atoms with van der Waals surface area (Å²) < 4.78 is 53.7. The summed E-state index contributed by atoms with van der Waals surface area (Å²) in [6.07, 6.45) is -13.4. The molecule has 0 saturated carbocycles. The number of aliphatic hydroxyl groups excluding tert-OH is 5. The summed E-state index contributed by atoms with van der Waals surface area (Å²) in [6, 6.07) is 6.03. The Balaban J connectivity index is 1.29. The standard InChI is InChI=1S/C29H45NO14/c1-12-19(32)21(34)22(35)27(38-12)37-11-17-18(30)20(33)16(10-31)26(41-17)42-23-13(2)39-28(25-24(23)43-29(3,4)44-25)40-15-8-6-14(36-5)7-9-15/h6-9,12-13,16-28,31-35H,10-11,30H2,1-5H3/t12-,13+,16+,17-,18+,19+,20+,21+,22-,23+,24-,25-,26-,27+,28+/m1/s1. The van der Waals surface area contributed by atoms with Gasteiger partial charge in [-0.15, -0.1) is 0 Å². The predicted octanol–water partition coefficient (Wildman–Crippen LogP) is -1.41. The van der Waals surface area contributed by atoms with Crippen molar-refractivity contribution in [1.82, 2.24) is 0 Å². The first-order valence-electron chi connectivity index (χ1n) is 14.8. The summed E-state index contributed by atoms with van der Waals surface area (Å²) in [6.45, 7) is 6.07. The Morgan fingerprint density at radius 1 is 0.795 bits per heavy atom. The second-order valence-corrected chi connectivity index (χ2v) is 12.1. The van der Waals surface area contributed by atoms with Crippen molar-refractivity contribution in [3.63, 3.8) is 0 Å². The SMILES string of the molecule is COc1ccc(O[C@@H]2O[C@@H](C)[C@H](O[C@H]3O[C@H](CO[C@H]4O[C@H](C)[C@H](O)[C@H](O)[C@H]4O)[C@H](N)[C@@H](O)[C@@H]3CO)[C@H]3OC(C)(C)O[C@@H]23)cc1. The van der Waals surface area contributed by atoms with Crippen LogP contribution in [0.25, 0.3) is 0 Å². The summed E-state index contributed by atoms with van der Waals surface area (Å²) in [5, 5.41) is 51.6. The van der Waals surface area contributed by atoms with Crippen LogP contribution in [-0.4, -0.2) is 138 Å². The molecular weight excluding hydrogens is 586 g/mol. The molecule has 0 aliphatic carbocycles. The van der Waals surface area contributed by atoms with E-state index in [4.69, 9.17) is 48.4 Å². The smallest absolute Gasteiger partial charge is 0.229 e. The summed E-state index contributed by atoms with van der Waals surface area (Å²) >= 11 is 0. The Labute approximate surface area is 255 Å². The van der Waals surface area contributed by atoms with Crippen LogP contribution in [0, 0.1) is 5.92 Å². The highest BCUT2D eigenvalue weighted by atomic mass is 16.8. The maximum Gasteiger partial charge on any atom is 0.229 e. The molecule has 0 radical (unpaired) electrons. The average molecular weight is 632 g/mol. The molecule has 4 aliphatic heterocycles. The van der Waals surface area contributed by atoms with Crippen LogP contribution in [-0.2, 0) is 33.2 Å². The first kappa shape index (κ1) is 33.7. The lowest BCUT2D eigenvalue weighted by Crippen LogP contribution is -2.64. The van der Waals surface area contributed by atoms with Gasteiger partial charge in [0, 0.05) is 0 Å². The molecule has 15 atom stereocenters. The molecule has 5 rings (SSSR count). The van der Waals surface area contributed by atoms with E-state index in [1.807, 2.05) is 0 Å². The van der Waals surface area contributed by atoms with Crippen LogP contribution in [0.2, 0.25) is 0 Å². The fourth-order valence-electron chi connectivity index (χ4n) is 5.99. The van der Waals surface area contributed by atoms with Crippen LogP contribution >= 0.6 is 0 Å². The van der Waals surface area contributed by atoms with E-state index in [-0.39, 0.29) is 6.61 Å². The van der Waals surface area contributed by atoms with Gasteiger partial charge in [-0.1, -0.05) is 0 Å². The second-order valence-electron chi connectivity index (χ2n) is 12.1. The minimum absolute atomic E-state index is 0.263. The van der Waals surface area contributed by atoms with E-state index in [2.05, 4.69) is 0 Å². The van der Waals surface area contributed by atoms with Crippen LogP contribution in [0.1, 0.15) is 27.7 Å². The molecule has 250 valence electrons. The van der Waals surface area contributed by atoms with Gasteiger partial charge in [-0.05, 0) is 52.0 Å². The Bertz CT molecular complexity index is 1080. The van der Waals surface area contributed by atoms with Crippen molar-refractivity contribution < 1.29 is 68.2 Å². The molecular formula is C29H45NO14. The van der Waals surface area contributed by atoms with Gasteiger partial charge in [-0.25, -0.2) is 0 Å². The quantitative estimate of drug-likeness (QED) is 0.185. The van der Waals surface area contributed by atoms with Crippen LogP contribution in [0.4, 0.5) is 0 Å². The van der Waals surface area contributed by atoms with Crippen LogP contribution in [0.3, 0.4) is 0 Å². The highest BCUT2D eigenvalue weighted by Gasteiger charge is 2.57. The van der Waals surface area contributed by atoms with Crippen LogP contribution in [0.5, 0.6) is 11.5 Å². The minimum atomic E-state index is -1.53. The zero-order valence-corrected chi connectivity index (χ0v) is 25.4. The first-order chi connectivity index (χ1) is 20.8. The van der Waals surface area contributed by atoms with E-state index in [1.54, 1.807) is 52.1 Å². The molecule has 4 saturated heterocycles. The molecule has 44 heavy (non-hydrogen) atoms. The van der Waals surface area contributed by atoms with E-state index < -0.39 is 104 Å². The summed E-state index contributed by atoms with van der Waals surface area (Å²) in [4.78, 5) is 0. The predicted molar refractivity (Wildman–Crippen MR) is 148 cm³/mol. The normalized spacial score (nSPS) is 45.5. The van der Waals surface area contributed by atoms with Gasteiger partial charge in [0.2, 0.25) is 6.29 Å². The number of rotatable bonds is 9. The lowest BCUT2D eigenvalue weighted by molar-refractivity contribution is -0.334. The van der Waals surface area contributed by atoms with Gasteiger partial charge in [0.05, 0.1) is 50.6 Å². The number of hydrogen-bond donors (Lipinski definition) is 6. The highest BCUT2D eigenvalue weighted by molar-refractivity contribution is 5.31. The van der Waals surface area contributed by atoms with Gasteiger partial charge >= 0.3 is 0 Å². The molecule has 4 heterocycles. The number of ether oxygens (including phenoxy) is 9. The molecule has 7 N–H and O–H groups in total. The summed E-state index contributed by atoms with van der Waals surface area (Å²) in [7, 11) is 1.57. The zero-order valence-electron chi connectivity index (χ0n) is 25.4. The second kappa shape index (κ2) is 13.6. The van der Waals surface area contributed by atoms with Crippen molar-refractivity contribution in [3.8, 4) is 11.5 Å². The van der Waals surface area contributed by atoms with Crippen molar-refractivity contribution in [1.29, 1.82) is 0 Å². The Hall–Kier alpha value is -1.70. The Morgan fingerprint density at radius 3 is 2.09 bits per heavy atom. The van der Waals surface area contributed by atoms with E-state index in [0.717, 1.165) is 0 Å². The maximum atomic E-state index is 11.0. The van der Waals surface area contributed by atoms with E-state index in [9.17, 15) is 25.5 Å². The number of benzene rings is 1. The maximum absolute atomic E-state index is 11.0. The van der Waals surface area contributed by atoms with Crippen LogP contribution in [0.15, 0.2) is 24.3 Å². The molecule has 15 heteroatoms. The third-order valence-electron chi connectivity index (χ3n) is 8.53. The molecule has 0 unspecified atom stereocenters. The zero-order chi connectivity index (χ0) is 31.9. The van der Waals surface area contributed by atoms with E-state index in [0.29, 0.717) is 11.5 Å². The van der Waals surface area contributed by atoms with Crippen LogP contribution < -0.4 is 15.2 Å². The van der Waals surface area contributed by atoms with Gasteiger partial charge in [0.1, 0.15) is 48.1 Å². The third kappa shape index (κ3) is 6.85. The van der Waals surface area contributed by atoms with Gasteiger partial charge in [0.25, 0.3) is 0 Å². The fourth-order valence-corrected chi connectivity index (χ4v) is 5.99. The minimum Gasteiger partial charge on any atom is -0.497 e. The summed E-state index contributed by atoms with van der Waals surface area (Å²) in [5.41, 5.74) is 6.26. The highest BCUT2D eigenvalue weighted by Crippen LogP contribution is 2.41. The molecule has 0 spiro atoms. The molecule has 4 fully saturated rings. The number of methoxy groups -OCH3 is 1. The molecule has 0 aromatic heterocycles. The van der Waals surface area contributed by atoms with Gasteiger partial charge in [-0.3, -0.25) is 0 Å². The van der Waals surface area contributed by atoms with Gasteiger partial charge in [0.15, 0.2) is 24.5 Å². The molecule has 15 nitrogen and oxygen atoms in total. The van der Waals surface area contributed by atoms with Gasteiger partial charge in [-0.2, -0.15) is 0 Å². The van der Waals surface area contributed by atoms with Crippen molar-refractivity contribution in [2.75, 3.05) is 20.3 Å². The Morgan fingerprint density at radius 2 is 1.43 bits per heavy atom. The molecule has 4 aliphatic rings. The van der Waals surface area contributed by atoms with Crippen molar-refractivity contribution >= 4 is 0 Å². The Kier molecular flexibility index (Phi) is 10.4. The van der Waals surface area contributed by atoms with E-state index in [1.165, 1.54) is 6.92 Å².